The molecule has 2 aromatic carbocycles. The van der Waals surface area contributed by atoms with Gasteiger partial charge >= 0.3 is 0 Å². The fourth-order valence-electron chi connectivity index (χ4n) is 1.91. The second-order valence-corrected chi connectivity index (χ2v) is 7.14. The lowest BCUT2D eigenvalue weighted by Gasteiger charge is -2.00. The first-order valence-electron chi connectivity index (χ1n) is 7.09. The smallest absolute Gasteiger partial charge is 0.210 e. The first kappa shape index (κ1) is 15.7. The van der Waals surface area contributed by atoms with Crippen LogP contribution in [0.2, 0.25) is 0 Å². The number of benzene rings is 2. The van der Waals surface area contributed by atoms with E-state index in [9.17, 15) is 4.79 Å². The molecule has 1 heterocycles. The van der Waals surface area contributed by atoms with E-state index in [1.165, 1.54) is 23.1 Å². The van der Waals surface area contributed by atoms with Gasteiger partial charge in [-0.15, -0.1) is 10.2 Å². The average Bonchev–Trinajstić information content (AvgIpc) is 3.02. The minimum atomic E-state index is 0.0998. The molecule has 0 radical (unpaired) electrons. The van der Waals surface area contributed by atoms with Gasteiger partial charge in [0.05, 0.1) is 5.75 Å². The molecule has 3 aromatic rings. The third-order valence-electron chi connectivity index (χ3n) is 3.13. The second-order valence-electron chi connectivity index (χ2n) is 4.94. The van der Waals surface area contributed by atoms with Crippen LogP contribution in [0.1, 0.15) is 15.9 Å². The van der Waals surface area contributed by atoms with Crippen LogP contribution in [0.15, 0.2) is 58.9 Å². The van der Waals surface area contributed by atoms with Crippen molar-refractivity contribution in [1.29, 1.82) is 0 Å². The zero-order valence-corrected chi connectivity index (χ0v) is 14.2. The zero-order valence-electron chi connectivity index (χ0n) is 12.5. The zero-order chi connectivity index (χ0) is 16.1. The number of hydrogen-bond donors (Lipinski definition) is 1. The van der Waals surface area contributed by atoms with Crippen LogP contribution < -0.4 is 5.32 Å². The van der Waals surface area contributed by atoms with Gasteiger partial charge in [-0.25, -0.2) is 0 Å². The molecule has 0 aliphatic heterocycles. The van der Waals surface area contributed by atoms with Crippen LogP contribution in [0, 0.1) is 6.92 Å². The Morgan fingerprint density at radius 3 is 2.57 bits per heavy atom. The van der Waals surface area contributed by atoms with Gasteiger partial charge in [-0.2, -0.15) is 0 Å². The molecule has 0 atom stereocenters. The van der Waals surface area contributed by atoms with E-state index in [1.807, 2.05) is 61.5 Å². The van der Waals surface area contributed by atoms with Gasteiger partial charge in [0.2, 0.25) is 5.13 Å². The average molecular weight is 341 g/mol. The summed E-state index contributed by atoms with van der Waals surface area (Å²) in [6.45, 7) is 2.01. The molecule has 0 fully saturated rings. The number of hydrogen-bond acceptors (Lipinski definition) is 6. The van der Waals surface area contributed by atoms with Crippen molar-refractivity contribution in [2.75, 3.05) is 11.1 Å². The highest BCUT2D eigenvalue weighted by atomic mass is 32.2. The topological polar surface area (TPSA) is 54.9 Å². The molecule has 4 nitrogen and oxygen atoms in total. The molecule has 116 valence electrons. The summed E-state index contributed by atoms with van der Waals surface area (Å²) >= 11 is 2.86. The summed E-state index contributed by atoms with van der Waals surface area (Å²) in [5, 5.41) is 12.1. The maximum absolute atomic E-state index is 12.1. The largest absolute Gasteiger partial charge is 0.330 e. The quantitative estimate of drug-likeness (QED) is 0.526. The van der Waals surface area contributed by atoms with Crippen molar-refractivity contribution in [2.24, 2.45) is 0 Å². The highest BCUT2D eigenvalue weighted by molar-refractivity contribution is 8.01. The van der Waals surface area contributed by atoms with E-state index in [0.717, 1.165) is 26.3 Å². The van der Waals surface area contributed by atoms with Crippen LogP contribution in [0.25, 0.3) is 0 Å². The van der Waals surface area contributed by atoms with Gasteiger partial charge in [0, 0.05) is 11.3 Å². The molecular formula is C17H15N3OS2. The number of carbonyl (C=O) groups is 1. The number of nitrogens with zero attached hydrogens (tertiary/aromatic N) is 2. The van der Waals surface area contributed by atoms with E-state index in [2.05, 4.69) is 15.5 Å². The normalized spacial score (nSPS) is 10.5. The predicted octanol–water partition coefficient (Wildman–Crippen LogP) is 4.57. The van der Waals surface area contributed by atoms with Crippen molar-refractivity contribution in [3.05, 3.63) is 65.7 Å². The van der Waals surface area contributed by atoms with Crippen molar-refractivity contribution in [3.8, 4) is 0 Å². The van der Waals surface area contributed by atoms with Crippen molar-refractivity contribution in [3.63, 3.8) is 0 Å². The molecule has 1 N–H and O–H groups in total. The summed E-state index contributed by atoms with van der Waals surface area (Å²) in [4.78, 5) is 12.1. The van der Waals surface area contributed by atoms with E-state index in [1.54, 1.807) is 0 Å². The summed E-state index contributed by atoms with van der Waals surface area (Å²) in [5.41, 5.74) is 2.85. The molecule has 0 bridgehead atoms. The highest BCUT2D eigenvalue weighted by Crippen LogP contribution is 2.28. The van der Waals surface area contributed by atoms with Gasteiger partial charge in [-0.1, -0.05) is 71.1 Å². The van der Waals surface area contributed by atoms with E-state index in [-0.39, 0.29) is 5.78 Å². The van der Waals surface area contributed by atoms with Gasteiger partial charge < -0.3 is 5.32 Å². The molecular weight excluding hydrogens is 326 g/mol. The number of rotatable bonds is 6. The molecule has 0 amide bonds. The monoisotopic (exact) mass is 341 g/mol. The summed E-state index contributed by atoms with van der Waals surface area (Å²) in [5.74, 6) is 0.464. The number of aryl methyl sites for hydroxylation is 1. The maximum Gasteiger partial charge on any atom is 0.210 e. The summed E-state index contributed by atoms with van der Waals surface area (Å²) in [7, 11) is 0. The molecule has 0 saturated carbocycles. The van der Waals surface area contributed by atoms with Crippen LogP contribution in [0.3, 0.4) is 0 Å². The van der Waals surface area contributed by atoms with Crippen molar-refractivity contribution in [1.82, 2.24) is 10.2 Å². The molecule has 0 aliphatic rings. The highest BCUT2D eigenvalue weighted by Gasteiger charge is 2.10. The van der Waals surface area contributed by atoms with E-state index < -0.39 is 0 Å². The molecule has 0 saturated heterocycles. The molecule has 0 aliphatic carbocycles. The lowest BCUT2D eigenvalue weighted by atomic mass is 10.1. The molecule has 3 rings (SSSR count). The van der Waals surface area contributed by atoms with E-state index in [4.69, 9.17) is 0 Å². The number of carbonyl (C=O) groups excluding carboxylic acids is 1. The third kappa shape index (κ3) is 4.40. The Morgan fingerprint density at radius 1 is 1.09 bits per heavy atom. The summed E-state index contributed by atoms with van der Waals surface area (Å²) in [6.07, 6.45) is 0. The van der Waals surface area contributed by atoms with Gasteiger partial charge in [-0.05, 0) is 19.1 Å². The van der Waals surface area contributed by atoms with Crippen LogP contribution >= 0.6 is 23.1 Å². The Balaban J connectivity index is 1.57. The molecule has 1 aromatic heterocycles. The molecule has 0 unspecified atom stereocenters. The van der Waals surface area contributed by atoms with Gasteiger partial charge in [0.25, 0.3) is 0 Å². The van der Waals surface area contributed by atoms with Crippen molar-refractivity contribution < 1.29 is 4.79 Å². The standard InChI is InChI=1S/C17H15N3OS2/c1-12-7-9-13(10-8-12)15(21)11-22-17-20-19-16(23-17)18-14-5-3-2-4-6-14/h2-10H,11H2,1H3,(H,18,19). The number of anilines is 2. The lowest BCUT2D eigenvalue weighted by Crippen LogP contribution is -2.01. The fourth-order valence-corrected chi connectivity index (χ4v) is 3.58. The molecule has 0 spiro atoms. The van der Waals surface area contributed by atoms with E-state index in [0.29, 0.717) is 5.75 Å². The van der Waals surface area contributed by atoms with Crippen LogP contribution in [0.4, 0.5) is 10.8 Å². The minimum absolute atomic E-state index is 0.0998. The number of Topliss-reactive ketones (excluding diaryl/α,β-unsaturated/α-hetero) is 1. The number of para-hydroxylation sites is 1. The minimum Gasteiger partial charge on any atom is -0.330 e. The lowest BCUT2D eigenvalue weighted by molar-refractivity contribution is 0.102. The van der Waals surface area contributed by atoms with Crippen molar-refractivity contribution >= 4 is 39.7 Å². The van der Waals surface area contributed by atoms with Crippen molar-refractivity contribution in [2.45, 2.75) is 11.3 Å². The first-order chi connectivity index (χ1) is 11.2. The molecule has 23 heavy (non-hydrogen) atoms. The Morgan fingerprint density at radius 2 is 1.83 bits per heavy atom. The Kier molecular flexibility index (Phi) is 5.05. The predicted molar refractivity (Wildman–Crippen MR) is 95.9 cm³/mol. The third-order valence-corrected chi connectivity index (χ3v) is 5.10. The van der Waals surface area contributed by atoms with E-state index >= 15 is 0 Å². The van der Waals surface area contributed by atoms with Crippen LogP contribution in [-0.2, 0) is 0 Å². The second kappa shape index (κ2) is 7.39. The Labute approximate surface area is 143 Å². The number of nitrogens with one attached hydrogen (secondary N) is 1. The SMILES string of the molecule is Cc1ccc(C(=O)CSc2nnc(Nc3ccccc3)s2)cc1. The number of aromatic nitrogens is 2. The first-order valence-corrected chi connectivity index (χ1v) is 8.89. The van der Waals surface area contributed by atoms with Gasteiger partial charge in [0.1, 0.15) is 0 Å². The fraction of sp³-hybridized carbons (Fsp3) is 0.118. The van der Waals surface area contributed by atoms with Crippen LogP contribution in [-0.4, -0.2) is 21.7 Å². The van der Waals surface area contributed by atoms with Gasteiger partial charge in [0.15, 0.2) is 10.1 Å². The number of thioether (sulfide) groups is 1. The Bertz CT molecular complexity index is 785. The maximum atomic E-state index is 12.1. The Hall–Kier alpha value is -2.18. The summed E-state index contributed by atoms with van der Waals surface area (Å²) < 4.78 is 0.781. The molecule has 6 heteroatoms. The number of ketones is 1. The summed E-state index contributed by atoms with van der Waals surface area (Å²) in [6, 6.07) is 17.4. The van der Waals surface area contributed by atoms with Gasteiger partial charge in [-0.3, -0.25) is 4.79 Å². The van der Waals surface area contributed by atoms with Crippen LogP contribution in [0.5, 0.6) is 0 Å².